The van der Waals surface area contributed by atoms with Gasteiger partial charge in [-0.25, -0.2) is 17.5 Å². The Morgan fingerprint density at radius 1 is 1.22 bits per heavy atom. The van der Waals surface area contributed by atoms with Crippen molar-refractivity contribution in [1.82, 2.24) is 4.31 Å². The number of aliphatic carboxylic acids is 1. The number of carboxylic acids is 1. The fourth-order valence-corrected chi connectivity index (χ4v) is 7.46. The van der Waals surface area contributed by atoms with Crippen LogP contribution >= 0.6 is 11.3 Å². The van der Waals surface area contributed by atoms with Crippen molar-refractivity contribution < 1.29 is 27.9 Å². The quantitative estimate of drug-likeness (QED) is 0.231. The highest BCUT2D eigenvalue weighted by molar-refractivity contribution is 7.89. The van der Waals surface area contributed by atoms with E-state index in [0.717, 1.165) is 5.56 Å². The first-order valence-corrected chi connectivity index (χ1v) is 14.2. The van der Waals surface area contributed by atoms with Crippen LogP contribution in [0.2, 0.25) is 0 Å². The number of ether oxygens (including phenoxy) is 1. The summed E-state index contributed by atoms with van der Waals surface area (Å²) in [5.41, 5.74) is 13.1. The average molecular weight is 551 g/mol. The maximum atomic E-state index is 14.3. The van der Waals surface area contributed by atoms with E-state index in [0.29, 0.717) is 38.7 Å². The van der Waals surface area contributed by atoms with Crippen LogP contribution in [0.25, 0.3) is 0 Å². The van der Waals surface area contributed by atoms with Crippen LogP contribution in [0, 0.1) is 20.8 Å². The van der Waals surface area contributed by atoms with Gasteiger partial charge < -0.3 is 21.3 Å². The lowest BCUT2D eigenvalue weighted by Crippen LogP contribution is -2.49. The first-order chi connectivity index (χ1) is 17.2. The molecule has 0 saturated carbocycles. The molecule has 2 heterocycles. The maximum absolute atomic E-state index is 14.3. The number of thiophene rings is 1. The Kier molecular flexibility index (Phi) is 8.23. The monoisotopic (exact) mass is 550 g/mol. The summed E-state index contributed by atoms with van der Waals surface area (Å²) in [5, 5.41) is 13.6. The molecule has 3 rings (SSSR count). The molecule has 1 atom stereocenters. The van der Waals surface area contributed by atoms with Crippen molar-refractivity contribution in [3.63, 3.8) is 0 Å². The van der Waals surface area contributed by atoms with Gasteiger partial charge in [-0.2, -0.15) is 11.3 Å². The van der Waals surface area contributed by atoms with Gasteiger partial charge >= 0.3 is 5.97 Å². The van der Waals surface area contributed by atoms with E-state index in [4.69, 9.17) is 16.2 Å². The molecule has 1 aromatic carbocycles. The van der Waals surface area contributed by atoms with Crippen LogP contribution in [0.5, 0.6) is 5.75 Å². The number of nitrogens with zero attached hydrogens (tertiary/aromatic N) is 2. The highest BCUT2D eigenvalue weighted by Gasteiger charge is 2.43. The van der Waals surface area contributed by atoms with Gasteiger partial charge in [-0.05, 0) is 86.5 Å². The summed E-state index contributed by atoms with van der Waals surface area (Å²) in [6.07, 6.45) is 0.245. The van der Waals surface area contributed by atoms with Gasteiger partial charge in [0.25, 0.3) is 10.0 Å². The molecule has 0 aliphatic carbocycles. The second-order valence-electron chi connectivity index (χ2n) is 9.86. The van der Waals surface area contributed by atoms with Gasteiger partial charge in [0.2, 0.25) is 5.91 Å². The Morgan fingerprint density at radius 3 is 2.46 bits per heavy atom. The van der Waals surface area contributed by atoms with Gasteiger partial charge in [0.15, 0.2) is 5.96 Å². The van der Waals surface area contributed by atoms with Crippen LogP contribution in [0.3, 0.4) is 0 Å². The predicted octanol–water partition coefficient (Wildman–Crippen LogP) is 2.65. The highest BCUT2D eigenvalue weighted by Crippen LogP contribution is 2.44. The van der Waals surface area contributed by atoms with E-state index in [1.165, 1.54) is 11.3 Å². The number of guanidine groups is 1. The number of hydrogen-bond donors (Lipinski definition) is 3. The second-order valence-corrected chi connectivity index (χ2v) is 12.4. The summed E-state index contributed by atoms with van der Waals surface area (Å²) in [7, 11) is -4.58. The van der Waals surface area contributed by atoms with E-state index >= 15 is 0 Å². The van der Waals surface area contributed by atoms with Crippen molar-refractivity contribution in [2.45, 2.75) is 76.8 Å². The van der Waals surface area contributed by atoms with Gasteiger partial charge in [-0.15, -0.1) is 0 Å². The van der Waals surface area contributed by atoms with Crippen molar-refractivity contribution in [2.75, 3.05) is 6.54 Å². The van der Waals surface area contributed by atoms with Crippen molar-refractivity contribution in [2.24, 2.45) is 16.5 Å². The SMILES string of the molecule is Cc1c(C)c(S(=O)(=O)N(C(=O)Cc2ccsc2)[C@@H](CCCN=C(N)N)C(=O)O)c(C)c2c1OC(C)(C)C2. The smallest absolute Gasteiger partial charge is 0.327 e. The number of carboxylic acid groups (broad SMARTS) is 1. The van der Waals surface area contributed by atoms with Gasteiger partial charge in [-0.1, -0.05) is 0 Å². The Balaban J connectivity index is 2.15. The Bertz CT molecular complexity index is 1330. The molecule has 2 aromatic rings. The summed E-state index contributed by atoms with van der Waals surface area (Å²) < 4.78 is 35.2. The fourth-order valence-electron chi connectivity index (χ4n) is 4.68. The Hall–Kier alpha value is -3.12. The topological polar surface area (TPSA) is 165 Å². The first-order valence-electron chi connectivity index (χ1n) is 11.9. The molecule has 1 aliphatic rings. The molecule has 1 aliphatic heterocycles. The zero-order chi connectivity index (χ0) is 27.7. The normalized spacial score (nSPS) is 14.9. The van der Waals surface area contributed by atoms with Gasteiger partial charge in [-0.3, -0.25) is 9.79 Å². The van der Waals surface area contributed by atoms with Gasteiger partial charge in [0, 0.05) is 18.5 Å². The van der Waals surface area contributed by atoms with Crippen molar-refractivity contribution in [3.8, 4) is 5.75 Å². The molecule has 0 unspecified atom stereocenters. The van der Waals surface area contributed by atoms with Crippen LogP contribution in [-0.2, 0) is 32.5 Å². The molecule has 12 heteroatoms. The van der Waals surface area contributed by atoms with Crippen molar-refractivity contribution in [3.05, 3.63) is 44.6 Å². The number of rotatable bonds is 10. The third kappa shape index (κ3) is 5.90. The molecule has 1 aromatic heterocycles. The molecule has 10 nitrogen and oxygen atoms in total. The molecule has 0 fully saturated rings. The van der Waals surface area contributed by atoms with E-state index in [-0.39, 0.29) is 36.7 Å². The van der Waals surface area contributed by atoms with E-state index in [9.17, 15) is 23.1 Å². The van der Waals surface area contributed by atoms with Gasteiger partial charge in [0.05, 0.1) is 11.3 Å². The standard InChI is InChI=1S/C25H34N4O6S2/c1-14-15(2)22(16(3)18-12-25(4,5)35-21(14)18)37(33,34)29(20(30)11-17-8-10-36-13-17)19(23(31)32)7-6-9-28-24(26)27/h8,10,13,19H,6-7,9,11-12H2,1-5H3,(H,31,32)(H4,26,27,28)/t19-/m0/s1. The molecular formula is C25H34N4O6S2. The molecule has 0 bridgehead atoms. The molecular weight excluding hydrogens is 516 g/mol. The summed E-state index contributed by atoms with van der Waals surface area (Å²) in [6.45, 7) is 9.04. The number of carbonyl (C=O) groups excluding carboxylic acids is 1. The summed E-state index contributed by atoms with van der Waals surface area (Å²) >= 11 is 1.36. The first kappa shape index (κ1) is 28.5. The van der Waals surface area contributed by atoms with E-state index in [2.05, 4.69) is 4.99 Å². The number of hydrogen-bond acceptors (Lipinski definition) is 7. The average Bonchev–Trinajstić information content (AvgIpc) is 3.40. The molecule has 5 N–H and O–H groups in total. The van der Waals surface area contributed by atoms with Crippen molar-refractivity contribution in [1.29, 1.82) is 0 Å². The minimum atomic E-state index is -4.58. The van der Waals surface area contributed by atoms with Crippen LogP contribution in [0.4, 0.5) is 0 Å². The number of amides is 1. The number of fused-ring (bicyclic) bond motifs is 1. The largest absolute Gasteiger partial charge is 0.487 e. The van der Waals surface area contributed by atoms with E-state index < -0.39 is 33.5 Å². The van der Waals surface area contributed by atoms with Crippen LogP contribution in [-0.4, -0.2) is 53.9 Å². The lowest BCUT2D eigenvalue weighted by atomic mass is 9.94. The Morgan fingerprint density at radius 2 is 1.89 bits per heavy atom. The highest BCUT2D eigenvalue weighted by atomic mass is 32.2. The lowest BCUT2D eigenvalue weighted by Gasteiger charge is -2.30. The summed E-state index contributed by atoms with van der Waals surface area (Å²) in [6, 6.07) is 0.0718. The molecule has 0 spiro atoms. The molecule has 1 amide bonds. The minimum Gasteiger partial charge on any atom is -0.487 e. The molecule has 37 heavy (non-hydrogen) atoms. The lowest BCUT2D eigenvalue weighted by molar-refractivity contribution is -0.146. The fraction of sp³-hybridized carbons (Fsp3) is 0.480. The number of benzene rings is 1. The van der Waals surface area contributed by atoms with Crippen molar-refractivity contribution >= 4 is 39.2 Å². The third-order valence-corrected chi connectivity index (χ3v) is 9.32. The van der Waals surface area contributed by atoms with Gasteiger partial charge in [0.1, 0.15) is 17.4 Å². The molecule has 0 saturated heterocycles. The zero-order valence-corrected chi connectivity index (χ0v) is 23.3. The van der Waals surface area contributed by atoms with E-state index in [1.54, 1.807) is 37.6 Å². The minimum absolute atomic E-state index is 0.0563. The van der Waals surface area contributed by atoms with Crippen LogP contribution in [0.1, 0.15) is 54.5 Å². The summed E-state index contributed by atoms with van der Waals surface area (Å²) in [4.78, 5) is 29.8. The Labute approximate surface area is 221 Å². The zero-order valence-electron chi connectivity index (χ0n) is 21.7. The van der Waals surface area contributed by atoms with Crippen LogP contribution in [0.15, 0.2) is 26.7 Å². The summed E-state index contributed by atoms with van der Waals surface area (Å²) in [5.74, 6) is -1.76. The molecule has 202 valence electrons. The second kappa shape index (κ2) is 10.7. The molecule has 0 radical (unpaired) electrons. The number of nitrogens with two attached hydrogens (primary N) is 2. The predicted molar refractivity (Wildman–Crippen MR) is 142 cm³/mol. The van der Waals surface area contributed by atoms with E-state index in [1.807, 2.05) is 13.8 Å². The third-order valence-electron chi connectivity index (χ3n) is 6.49. The van der Waals surface area contributed by atoms with Crippen LogP contribution < -0.4 is 16.2 Å². The number of sulfonamides is 1. The number of aliphatic imine (C=N–C) groups is 1. The number of carbonyl (C=O) groups is 2. The maximum Gasteiger partial charge on any atom is 0.327 e.